The molecule has 4 nitrogen and oxygen atoms in total. The topological polar surface area (TPSA) is 57.4 Å². The van der Waals surface area contributed by atoms with Crippen LogP contribution in [-0.2, 0) is 5.54 Å². The van der Waals surface area contributed by atoms with E-state index in [0.29, 0.717) is 17.1 Å². The summed E-state index contributed by atoms with van der Waals surface area (Å²) in [5, 5.41) is 0. The minimum absolute atomic E-state index is 0.377. The number of nitrogens with two attached hydrogens (primary N) is 1. The molecule has 1 aromatic heterocycles. The summed E-state index contributed by atoms with van der Waals surface area (Å²) in [5.74, 6) is -1.96. The maximum absolute atomic E-state index is 13.0. The molecular formula is C11H14F2N2O2. The van der Waals surface area contributed by atoms with E-state index in [0.717, 1.165) is 0 Å². The molecule has 0 bridgehead atoms. The Morgan fingerprint density at radius 2 is 1.65 bits per heavy atom. The van der Waals surface area contributed by atoms with Gasteiger partial charge in [-0.3, -0.25) is 4.98 Å². The van der Waals surface area contributed by atoms with Gasteiger partial charge in [0.15, 0.2) is 0 Å². The van der Waals surface area contributed by atoms with Gasteiger partial charge in [0.25, 0.3) is 5.92 Å². The lowest BCUT2D eigenvalue weighted by molar-refractivity contribution is -0.125. The highest BCUT2D eigenvalue weighted by molar-refractivity contribution is 5.48. The van der Waals surface area contributed by atoms with E-state index in [4.69, 9.17) is 15.2 Å². The first-order valence-corrected chi connectivity index (χ1v) is 5.15. The highest BCUT2D eigenvalue weighted by Crippen LogP contribution is 2.54. The summed E-state index contributed by atoms with van der Waals surface area (Å²) in [6.07, 6.45) is 2.08. The highest BCUT2D eigenvalue weighted by Gasteiger charge is 2.57. The molecule has 0 aromatic carbocycles. The van der Waals surface area contributed by atoms with Crippen LogP contribution in [0.25, 0.3) is 0 Å². The molecule has 1 fully saturated rings. The fourth-order valence-electron chi connectivity index (χ4n) is 2.27. The number of hydrogen-bond donors (Lipinski definition) is 1. The van der Waals surface area contributed by atoms with E-state index in [-0.39, 0.29) is 0 Å². The normalized spacial score (nSPS) is 20.5. The number of pyridine rings is 1. The second kappa shape index (κ2) is 3.80. The molecule has 2 rings (SSSR count). The van der Waals surface area contributed by atoms with E-state index in [1.165, 1.54) is 26.6 Å². The average Bonchev–Trinajstić information content (AvgIpc) is 2.25. The Labute approximate surface area is 97.7 Å². The monoisotopic (exact) mass is 244 g/mol. The van der Waals surface area contributed by atoms with Crippen molar-refractivity contribution >= 4 is 0 Å². The van der Waals surface area contributed by atoms with Gasteiger partial charge in [-0.15, -0.1) is 0 Å². The molecule has 0 aliphatic heterocycles. The van der Waals surface area contributed by atoms with Gasteiger partial charge in [0.2, 0.25) is 0 Å². The van der Waals surface area contributed by atoms with Crippen molar-refractivity contribution in [3.8, 4) is 11.5 Å². The van der Waals surface area contributed by atoms with E-state index >= 15 is 0 Å². The third kappa shape index (κ3) is 1.93. The van der Waals surface area contributed by atoms with Crippen molar-refractivity contribution in [1.29, 1.82) is 0 Å². The summed E-state index contributed by atoms with van der Waals surface area (Å²) in [5.41, 5.74) is 5.34. The molecule has 94 valence electrons. The van der Waals surface area contributed by atoms with Crippen molar-refractivity contribution in [3.63, 3.8) is 0 Å². The van der Waals surface area contributed by atoms with E-state index in [9.17, 15) is 8.78 Å². The molecule has 17 heavy (non-hydrogen) atoms. The molecule has 1 heterocycles. The van der Waals surface area contributed by atoms with Crippen molar-refractivity contribution < 1.29 is 18.3 Å². The van der Waals surface area contributed by atoms with Gasteiger partial charge in [-0.25, -0.2) is 8.78 Å². The first kappa shape index (κ1) is 12.0. The van der Waals surface area contributed by atoms with E-state index in [2.05, 4.69) is 4.98 Å². The Morgan fingerprint density at radius 3 is 2.00 bits per heavy atom. The first-order valence-electron chi connectivity index (χ1n) is 5.15. The Balaban J connectivity index is 2.44. The summed E-state index contributed by atoms with van der Waals surface area (Å²) in [7, 11) is 2.89. The molecule has 1 saturated carbocycles. The highest BCUT2D eigenvalue weighted by atomic mass is 19.3. The molecule has 1 aliphatic rings. The molecule has 6 heteroatoms. The quantitative estimate of drug-likeness (QED) is 0.878. The van der Waals surface area contributed by atoms with Gasteiger partial charge in [-0.2, -0.15) is 0 Å². The second-order valence-corrected chi connectivity index (χ2v) is 4.28. The van der Waals surface area contributed by atoms with Crippen molar-refractivity contribution in [3.05, 3.63) is 18.0 Å². The summed E-state index contributed by atoms with van der Waals surface area (Å²) >= 11 is 0. The van der Waals surface area contributed by atoms with E-state index in [1.54, 1.807) is 0 Å². The Hall–Kier alpha value is -1.43. The van der Waals surface area contributed by atoms with Gasteiger partial charge in [-0.05, 0) is 0 Å². The standard InChI is InChI=1S/C11H14F2N2O2/c1-16-7-3-15-4-8(17-2)9(7)10(14)5-11(12,13)6-10/h3-4H,5-6,14H2,1-2H3. The van der Waals surface area contributed by atoms with Crippen LogP contribution in [0.1, 0.15) is 18.4 Å². The van der Waals surface area contributed by atoms with Crippen LogP contribution in [0.2, 0.25) is 0 Å². The summed E-state index contributed by atoms with van der Waals surface area (Å²) in [6, 6.07) is 0. The largest absolute Gasteiger partial charge is 0.495 e. The smallest absolute Gasteiger partial charge is 0.252 e. The van der Waals surface area contributed by atoms with E-state index < -0.39 is 24.3 Å². The molecule has 0 amide bonds. The number of alkyl halides is 2. The molecule has 0 atom stereocenters. The number of ether oxygens (including phenoxy) is 2. The minimum Gasteiger partial charge on any atom is -0.495 e. The van der Waals surface area contributed by atoms with Crippen LogP contribution < -0.4 is 15.2 Å². The van der Waals surface area contributed by atoms with Gasteiger partial charge in [0.1, 0.15) is 11.5 Å². The molecule has 2 N–H and O–H groups in total. The predicted octanol–water partition coefficient (Wildman–Crippen LogP) is 1.68. The maximum Gasteiger partial charge on any atom is 0.252 e. The number of aromatic nitrogens is 1. The van der Waals surface area contributed by atoms with Gasteiger partial charge in [0, 0.05) is 12.8 Å². The third-order valence-electron chi connectivity index (χ3n) is 2.96. The maximum atomic E-state index is 13.0. The molecule has 0 spiro atoms. The van der Waals surface area contributed by atoms with Crippen LogP contribution >= 0.6 is 0 Å². The zero-order chi connectivity index (χ0) is 12.7. The zero-order valence-corrected chi connectivity index (χ0v) is 9.67. The van der Waals surface area contributed by atoms with Crippen LogP contribution in [0.15, 0.2) is 12.4 Å². The summed E-state index contributed by atoms with van der Waals surface area (Å²) < 4.78 is 36.2. The van der Waals surface area contributed by atoms with Gasteiger partial charge in [0.05, 0.1) is 37.7 Å². The summed E-state index contributed by atoms with van der Waals surface area (Å²) in [4.78, 5) is 3.90. The lowest BCUT2D eigenvalue weighted by Crippen LogP contribution is -2.55. The molecule has 1 aromatic rings. The van der Waals surface area contributed by atoms with Crippen molar-refractivity contribution in [1.82, 2.24) is 4.98 Å². The molecule has 0 radical (unpaired) electrons. The lowest BCUT2D eigenvalue weighted by Gasteiger charge is -2.45. The second-order valence-electron chi connectivity index (χ2n) is 4.28. The van der Waals surface area contributed by atoms with Crippen LogP contribution in [0, 0.1) is 0 Å². The third-order valence-corrected chi connectivity index (χ3v) is 2.96. The fourth-order valence-corrected chi connectivity index (χ4v) is 2.27. The van der Waals surface area contributed by atoms with Crippen molar-refractivity contribution in [2.45, 2.75) is 24.3 Å². The van der Waals surface area contributed by atoms with Gasteiger partial charge < -0.3 is 15.2 Å². The molecule has 0 saturated heterocycles. The predicted molar refractivity (Wildman–Crippen MR) is 57.4 cm³/mol. The van der Waals surface area contributed by atoms with Crippen LogP contribution in [0.3, 0.4) is 0 Å². The van der Waals surface area contributed by atoms with Crippen molar-refractivity contribution in [2.24, 2.45) is 5.73 Å². The van der Waals surface area contributed by atoms with Crippen LogP contribution in [0.5, 0.6) is 11.5 Å². The fraction of sp³-hybridized carbons (Fsp3) is 0.545. The minimum atomic E-state index is -2.71. The summed E-state index contributed by atoms with van der Waals surface area (Å²) in [6.45, 7) is 0. The number of methoxy groups -OCH3 is 2. The lowest BCUT2D eigenvalue weighted by atomic mass is 9.69. The van der Waals surface area contributed by atoms with E-state index in [1.807, 2.05) is 0 Å². The Bertz CT molecular complexity index is 407. The van der Waals surface area contributed by atoms with Crippen LogP contribution in [0.4, 0.5) is 8.78 Å². The number of rotatable bonds is 3. The zero-order valence-electron chi connectivity index (χ0n) is 9.67. The van der Waals surface area contributed by atoms with Gasteiger partial charge >= 0.3 is 0 Å². The number of hydrogen-bond acceptors (Lipinski definition) is 4. The number of nitrogens with zero attached hydrogens (tertiary/aromatic N) is 1. The van der Waals surface area contributed by atoms with Crippen molar-refractivity contribution in [2.75, 3.05) is 14.2 Å². The molecule has 1 aliphatic carbocycles. The van der Waals surface area contributed by atoms with Gasteiger partial charge in [-0.1, -0.05) is 0 Å². The molecular weight excluding hydrogens is 230 g/mol. The number of halogens is 2. The first-order chi connectivity index (χ1) is 7.92. The van der Waals surface area contributed by atoms with Crippen LogP contribution in [-0.4, -0.2) is 25.1 Å². The average molecular weight is 244 g/mol. The SMILES string of the molecule is COc1cncc(OC)c1C1(N)CC(F)(F)C1. The Morgan fingerprint density at radius 1 is 1.18 bits per heavy atom. The molecule has 0 unspecified atom stereocenters. The Kier molecular flexibility index (Phi) is 2.69.